The maximum absolute atomic E-state index is 11.6. The Labute approximate surface area is 99.8 Å². The lowest BCUT2D eigenvalue weighted by molar-refractivity contribution is -0.114. The van der Waals surface area contributed by atoms with Crippen LogP contribution in [0.25, 0.3) is 0 Å². The topological polar surface area (TPSA) is 78.4 Å². The van der Waals surface area contributed by atoms with Gasteiger partial charge in [0.25, 0.3) is 5.91 Å². The molecular weight excluding hydrogens is 220 g/mol. The second-order valence-electron chi connectivity index (χ2n) is 3.82. The summed E-state index contributed by atoms with van der Waals surface area (Å²) in [5.74, 6) is -0.406. The third kappa shape index (κ3) is 4.65. The zero-order valence-corrected chi connectivity index (χ0v) is 9.86. The maximum atomic E-state index is 11.6. The number of aliphatic hydroxyl groups excluding tert-OH is 1. The van der Waals surface area contributed by atoms with Crippen LogP contribution in [0.1, 0.15) is 24.2 Å². The number of nitrogens with one attached hydrogen (secondary N) is 2. The summed E-state index contributed by atoms with van der Waals surface area (Å²) in [7, 11) is 0. The van der Waals surface area contributed by atoms with Gasteiger partial charge in [-0.05, 0) is 31.2 Å². The minimum atomic E-state index is -0.572. The first-order valence-corrected chi connectivity index (χ1v) is 5.33. The molecule has 92 valence electrons. The molecule has 0 fully saturated rings. The molecule has 0 saturated carbocycles. The molecular formula is C12H16N2O3. The molecule has 0 unspecified atom stereocenters. The fourth-order valence-electron chi connectivity index (χ4n) is 1.25. The number of carbonyl (C=O) groups is 2. The number of benzene rings is 1. The summed E-state index contributed by atoms with van der Waals surface area (Å²) in [6.07, 6.45) is -0.572. The highest BCUT2D eigenvalue weighted by molar-refractivity contribution is 5.95. The summed E-state index contributed by atoms with van der Waals surface area (Å²) in [6.45, 7) is 3.23. The minimum absolute atomic E-state index is 0.156. The summed E-state index contributed by atoms with van der Waals surface area (Å²) < 4.78 is 0. The smallest absolute Gasteiger partial charge is 0.251 e. The molecule has 1 rings (SSSR count). The van der Waals surface area contributed by atoms with E-state index in [0.717, 1.165) is 0 Å². The highest BCUT2D eigenvalue weighted by Crippen LogP contribution is 2.09. The summed E-state index contributed by atoms with van der Waals surface area (Å²) in [4.78, 5) is 22.4. The molecule has 1 atom stereocenters. The van der Waals surface area contributed by atoms with Crippen molar-refractivity contribution in [1.82, 2.24) is 5.32 Å². The van der Waals surface area contributed by atoms with Gasteiger partial charge in [-0.25, -0.2) is 0 Å². The first-order valence-electron chi connectivity index (χ1n) is 5.33. The average Bonchev–Trinajstić information content (AvgIpc) is 2.26. The van der Waals surface area contributed by atoms with Gasteiger partial charge in [-0.2, -0.15) is 0 Å². The molecule has 1 aromatic carbocycles. The Morgan fingerprint density at radius 2 is 1.88 bits per heavy atom. The van der Waals surface area contributed by atoms with Crippen molar-refractivity contribution in [2.75, 3.05) is 11.9 Å². The van der Waals surface area contributed by atoms with Crippen molar-refractivity contribution in [1.29, 1.82) is 0 Å². The molecule has 0 bridgehead atoms. The van der Waals surface area contributed by atoms with E-state index in [2.05, 4.69) is 10.6 Å². The van der Waals surface area contributed by atoms with Gasteiger partial charge in [0.2, 0.25) is 5.91 Å². The number of hydrogen-bond acceptors (Lipinski definition) is 3. The molecule has 3 N–H and O–H groups in total. The SMILES string of the molecule is CC(=O)Nc1ccc(C(=O)NC[C@H](C)O)cc1. The van der Waals surface area contributed by atoms with Crippen molar-refractivity contribution in [2.45, 2.75) is 20.0 Å². The van der Waals surface area contributed by atoms with E-state index in [1.54, 1.807) is 31.2 Å². The molecule has 0 aliphatic carbocycles. The van der Waals surface area contributed by atoms with E-state index in [9.17, 15) is 9.59 Å². The summed E-state index contributed by atoms with van der Waals surface area (Å²) >= 11 is 0. The van der Waals surface area contributed by atoms with Crippen LogP contribution in [0.3, 0.4) is 0 Å². The van der Waals surface area contributed by atoms with Crippen molar-refractivity contribution in [3.63, 3.8) is 0 Å². The molecule has 0 saturated heterocycles. The zero-order chi connectivity index (χ0) is 12.8. The second kappa shape index (κ2) is 6.00. The van der Waals surface area contributed by atoms with E-state index in [1.807, 2.05) is 0 Å². The third-order valence-corrected chi connectivity index (χ3v) is 2.03. The zero-order valence-electron chi connectivity index (χ0n) is 9.86. The Kier molecular flexibility index (Phi) is 4.66. The summed E-state index contributed by atoms with van der Waals surface area (Å²) in [5, 5.41) is 14.2. The van der Waals surface area contributed by atoms with Crippen molar-refractivity contribution >= 4 is 17.5 Å². The largest absolute Gasteiger partial charge is 0.392 e. The molecule has 2 amide bonds. The lowest BCUT2D eigenvalue weighted by Crippen LogP contribution is -2.30. The third-order valence-electron chi connectivity index (χ3n) is 2.03. The van der Waals surface area contributed by atoms with Crippen LogP contribution in [-0.2, 0) is 4.79 Å². The van der Waals surface area contributed by atoms with Crippen LogP contribution >= 0.6 is 0 Å². The van der Waals surface area contributed by atoms with Gasteiger partial charge >= 0.3 is 0 Å². The van der Waals surface area contributed by atoms with Crippen LogP contribution in [0.4, 0.5) is 5.69 Å². The number of rotatable bonds is 4. The Hall–Kier alpha value is -1.88. The lowest BCUT2D eigenvalue weighted by Gasteiger charge is -2.07. The average molecular weight is 236 g/mol. The van der Waals surface area contributed by atoms with E-state index in [-0.39, 0.29) is 18.4 Å². The number of amides is 2. The fourth-order valence-corrected chi connectivity index (χ4v) is 1.25. The van der Waals surface area contributed by atoms with Gasteiger partial charge in [0.15, 0.2) is 0 Å². The van der Waals surface area contributed by atoms with Crippen molar-refractivity contribution in [2.24, 2.45) is 0 Å². The molecule has 0 radical (unpaired) electrons. The van der Waals surface area contributed by atoms with Crippen LogP contribution in [-0.4, -0.2) is 29.6 Å². The highest BCUT2D eigenvalue weighted by atomic mass is 16.3. The van der Waals surface area contributed by atoms with Crippen molar-refractivity contribution < 1.29 is 14.7 Å². The lowest BCUT2D eigenvalue weighted by atomic mass is 10.2. The molecule has 0 heterocycles. The van der Waals surface area contributed by atoms with E-state index in [4.69, 9.17) is 5.11 Å². The van der Waals surface area contributed by atoms with Gasteiger partial charge < -0.3 is 15.7 Å². The van der Waals surface area contributed by atoms with E-state index < -0.39 is 6.10 Å². The Morgan fingerprint density at radius 1 is 1.29 bits per heavy atom. The molecule has 1 aromatic rings. The standard InChI is InChI=1S/C12H16N2O3/c1-8(15)7-13-12(17)10-3-5-11(6-4-10)14-9(2)16/h3-6,8,15H,7H2,1-2H3,(H,13,17)(H,14,16)/t8-/m0/s1. The van der Waals surface area contributed by atoms with Gasteiger partial charge in [-0.15, -0.1) is 0 Å². The molecule has 0 spiro atoms. The normalized spacial score (nSPS) is 11.7. The molecule has 17 heavy (non-hydrogen) atoms. The van der Waals surface area contributed by atoms with E-state index in [0.29, 0.717) is 11.3 Å². The number of anilines is 1. The summed E-state index contributed by atoms with van der Waals surface area (Å²) in [5.41, 5.74) is 1.13. The van der Waals surface area contributed by atoms with Gasteiger partial charge in [-0.3, -0.25) is 9.59 Å². The fraction of sp³-hybridized carbons (Fsp3) is 0.333. The number of hydrogen-bond donors (Lipinski definition) is 3. The molecule has 0 aliphatic heterocycles. The van der Waals surface area contributed by atoms with Gasteiger partial charge in [0.05, 0.1) is 6.10 Å². The predicted octanol–water partition coefficient (Wildman–Crippen LogP) is 0.756. The van der Waals surface area contributed by atoms with E-state index >= 15 is 0 Å². The summed E-state index contributed by atoms with van der Waals surface area (Å²) in [6, 6.07) is 6.53. The quantitative estimate of drug-likeness (QED) is 0.722. The monoisotopic (exact) mass is 236 g/mol. The maximum Gasteiger partial charge on any atom is 0.251 e. The van der Waals surface area contributed by atoms with Crippen molar-refractivity contribution in [3.8, 4) is 0 Å². The van der Waals surface area contributed by atoms with Crippen LogP contribution in [0, 0.1) is 0 Å². The Balaban J connectivity index is 2.60. The second-order valence-corrected chi connectivity index (χ2v) is 3.82. The number of carbonyl (C=O) groups excluding carboxylic acids is 2. The van der Waals surface area contributed by atoms with Gasteiger partial charge in [-0.1, -0.05) is 0 Å². The number of aliphatic hydroxyl groups is 1. The van der Waals surface area contributed by atoms with Crippen LogP contribution in [0.2, 0.25) is 0 Å². The first kappa shape index (κ1) is 13.2. The van der Waals surface area contributed by atoms with Crippen LogP contribution < -0.4 is 10.6 Å². The van der Waals surface area contributed by atoms with Crippen molar-refractivity contribution in [3.05, 3.63) is 29.8 Å². The molecule has 5 nitrogen and oxygen atoms in total. The van der Waals surface area contributed by atoms with E-state index in [1.165, 1.54) is 6.92 Å². The first-order chi connectivity index (χ1) is 7.99. The predicted molar refractivity (Wildman–Crippen MR) is 64.8 cm³/mol. The molecule has 0 aromatic heterocycles. The Bertz CT molecular complexity index is 399. The molecule has 5 heteroatoms. The van der Waals surface area contributed by atoms with Crippen LogP contribution in [0.15, 0.2) is 24.3 Å². The van der Waals surface area contributed by atoms with Gasteiger partial charge in [0.1, 0.15) is 0 Å². The molecule has 0 aliphatic rings. The van der Waals surface area contributed by atoms with Crippen LogP contribution in [0.5, 0.6) is 0 Å². The van der Waals surface area contributed by atoms with Gasteiger partial charge in [0, 0.05) is 24.7 Å². The minimum Gasteiger partial charge on any atom is -0.392 e. The highest BCUT2D eigenvalue weighted by Gasteiger charge is 2.06. The Morgan fingerprint density at radius 3 is 2.35 bits per heavy atom.